The number of nitrogens with two attached hydrogens (primary N) is 2. The van der Waals surface area contributed by atoms with Crippen LogP contribution in [0.3, 0.4) is 0 Å². The Morgan fingerprint density at radius 3 is 2.87 bits per heavy atom. The molecule has 0 radical (unpaired) electrons. The van der Waals surface area contributed by atoms with E-state index in [0.717, 1.165) is 10.2 Å². The lowest BCUT2D eigenvalue weighted by molar-refractivity contribution is -0.118. The van der Waals surface area contributed by atoms with E-state index in [4.69, 9.17) is 23.1 Å². The normalized spacial score (nSPS) is 12.2. The molecule has 0 saturated carbocycles. The summed E-state index contributed by atoms with van der Waals surface area (Å²) in [5, 5.41) is 3.58. The predicted octanol–water partition coefficient (Wildman–Crippen LogP) is 1.33. The van der Waals surface area contributed by atoms with Gasteiger partial charge in [0.1, 0.15) is 6.04 Å². The molecule has 4 nitrogen and oxygen atoms in total. The van der Waals surface area contributed by atoms with E-state index in [2.05, 4.69) is 21.2 Å². The zero-order valence-electron chi connectivity index (χ0n) is 7.84. The van der Waals surface area contributed by atoms with Gasteiger partial charge in [-0.25, -0.2) is 0 Å². The lowest BCUT2D eigenvalue weighted by Gasteiger charge is -2.11. The monoisotopic (exact) mass is 291 g/mol. The molecule has 0 heterocycles. The Labute approximate surface area is 101 Å². The highest BCUT2D eigenvalue weighted by atomic mass is 79.9. The van der Waals surface area contributed by atoms with Gasteiger partial charge in [-0.1, -0.05) is 11.6 Å². The first-order valence-electron chi connectivity index (χ1n) is 4.24. The average molecular weight is 293 g/mol. The van der Waals surface area contributed by atoms with Gasteiger partial charge < -0.3 is 16.8 Å². The Bertz CT molecular complexity index is 372. The molecule has 0 fully saturated rings. The topological polar surface area (TPSA) is 81.1 Å². The number of halogens is 2. The summed E-state index contributed by atoms with van der Waals surface area (Å²) in [6, 6.07) is 4.58. The van der Waals surface area contributed by atoms with Crippen LogP contribution in [-0.2, 0) is 4.79 Å². The standard InChI is InChI=1S/C9H11BrClN3O/c10-6-2-1-5(11)3-8(6)14-4-7(12)9(13)15/h1-3,7,14H,4,12H2,(H2,13,15). The van der Waals surface area contributed by atoms with Gasteiger partial charge in [0.2, 0.25) is 5.91 Å². The zero-order chi connectivity index (χ0) is 11.4. The highest BCUT2D eigenvalue weighted by Gasteiger charge is 2.09. The molecule has 6 heteroatoms. The van der Waals surface area contributed by atoms with Gasteiger partial charge in [-0.05, 0) is 34.1 Å². The van der Waals surface area contributed by atoms with Gasteiger partial charge >= 0.3 is 0 Å². The SMILES string of the molecule is NC(=O)C(N)CNc1cc(Cl)ccc1Br. The maximum atomic E-state index is 10.7. The van der Waals surface area contributed by atoms with Crippen LogP contribution >= 0.6 is 27.5 Å². The van der Waals surface area contributed by atoms with E-state index in [1.165, 1.54) is 0 Å². The molecule has 0 aliphatic heterocycles. The van der Waals surface area contributed by atoms with Gasteiger partial charge in [-0.2, -0.15) is 0 Å². The molecular weight excluding hydrogens is 281 g/mol. The highest BCUT2D eigenvalue weighted by Crippen LogP contribution is 2.25. The second-order valence-corrected chi connectivity index (χ2v) is 4.30. The van der Waals surface area contributed by atoms with Crippen LogP contribution in [0.25, 0.3) is 0 Å². The van der Waals surface area contributed by atoms with Crippen LogP contribution in [0.15, 0.2) is 22.7 Å². The predicted molar refractivity (Wildman–Crippen MR) is 64.8 cm³/mol. The van der Waals surface area contributed by atoms with Gasteiger partial charge in [-0.3, -0.25) is 4.79 Å². The molecule has 1 rings (SSSR count). The number of carbonyl (C=O) groups excluding carboxylic acids is 1. The first kappa shape index (κ1) is 12.3. The maximum Gasteiger partial charge on any atom is 0.236 e. The molecule has 1 aromatic rings. The van der Waals surface area contributed by atoms with Crippen molar-refractivity contribution in [1.82, 2.24) is 0 Å². The second kappa shape index (κ2) is 5.34. The first-order chi connectivity index (χ1) is 7.00. The van der Waals surface area contributed by atoms with Crippen LogP contribution < -0.4 is 16.8 Å². The Morgan fingerprint density at radius 1 is 1.60 bits per heavy atom. The third-order valence-electron chi connectivity index (χ3n) is 1.81. The van der Waals surface area contributed by atoms with Gasteiger partial charge in [0.15, 0.2) is 0 Å². The largest absolute Gasteiger partial charge is 0.382 e. The fraction of sp³-hybridized carbons (Fsp3) is 0.222. The number of hydrogen-bond donors (Lipinski definition) is 3. The van der Waals surface area contributed by atoms with Crippen molar-refractivity contribution >= 4 is 39.1 Å². The number of primary amides is 1. The lowest BCUT2D eigenvalue weighted by Crippen LogP contribution is -2.41. The van der Waals surface area contributed by atoms with Gasteiger partial charge in [0.05, 0.1) is 0 Å². The fourth-order valence-corrected chi connectivity index (χ4v) is 1.51. The second-order valence-electron chi connectivity index (χ2n) is 3.01. The van der Waals surface area contributed by atoms with E-state index in [1.54, 1.807) is 18.2 Å². The molecule has 0 spiro atoms. The van der Waals surface area contributed by atoms with E-state index in [-0.39, 0.29) is 6.54 Å². The van der Waals surface area contributed by atoms with Crippen LogP contribution in [0.2, 0.25) is 5.02 Å². The molecule has 1 atom stereocenters. The summed E-state index contributed by atoms with van der Waals surface area (Å²) in [7, 11) is 0. The molecule has 0 aliphatic carbocycles. The molecule has 0 aromatic heterocycles. The minimum Gasteiger partial charge on any atom is -0.382 e. The van der Waals surface area contributed by atoms with E-state index in [0.29, 0.717) is 5.02 Å². The van der Waals surface area contributed by atoms with E-state index in [1.807, 2.05) is 0 Å². The third kappa shape index (κ3) is 3.70. The van der Waals surface area contributed by atoms with Crippen molar-refractivity contribution in [3.05, 3.63) is 27.7 Å². The van der Waals surface area contributed by atoms with Crippen molar-refractivity contribution in [2.75, 3.05) is 11.9 Å². The molecule has 1 amide bonds. The summed E-state index contributed by atoms with van der Waals surface area (Å²) in [6.07, 6.45) is 0. The Hall–Kier alpha value is -0.780. The Morgan fingerprint density at radius 2 is 2.27 bits per heavy atom. The number of hydrogen-bond acceptors (Lipinski definition) is 3. The summed E-state index contributed by atoms with van der Waals surface area (Å²) >= 11 is 9.15. The molecule has 15 heavy (non-hydrogen) atoms. The van der Waals surface area contributed by atoms with Crippen molar-refractivity contribution in [2.24, 2.45) is 11.5 Å². The number of amides is 1. The summed E-state index contributed by atoms with van der Waals surface area (Å²) in [6.45, 7) is 0.272. The Balaban J connectivity index is 2.65. The summed E-state index contributed by atoms with van der Waals surface area (Å²) in [5.41, 5.74) is 11.3. The highest BCUT2D eigenvalue weighted by molar-refractivity contribution is 9.10. The number of anilines is 1. The summed E-state index contributed by atoms with van der Waals surface area (Å²) < 4.78 is 0.851. The first-order valence-corrected chi connectivity index (χ1v) is 5.41. The molecule has 0 bridgehead atoms. The van der Waals surface area contributed by atoms with Crippen LogP contribution in [0.1, 0.15) is 0 Å². The molecule has 0 saturated heterocycles. The molecule has 1 unspecified atom stereocenters. The minimum atomic E-state index is -0.712. The van der Waals surface area contributed by atoms with Gasteiger partial charge in [-0.15, -0.1) is 0 Å². The van der Waals surface area contributed by atoms with E-state index < -0.39 is 11.9 Å². The van der Waals surface area contributed by atoms with Crippen LogP contribution in [0, 0.1) is 0 Å². The van der Waals surface area contributed by atoms with E-state index >= 15 is 0 Å². The quantitative estimate of drug-likeness (QED) is 0.783. The molecule has 5 N–H and O–H groups in total. The number of benzene rings is 1. The smallest absolute Gasteiger partial charge is 0.236 e. The van der Waals surface area contributed by atoms with Crippen molar-refractivity contribution < 1.29 is 4.79 Å². The van der Waals surface area contributed by atoms with Crippen molar-refractivity contribution in [3.63, 3.8) is 0 Å². The summed E-state index contributed by atoms with van der Waals surface area (Å²) in [4.78, 5) is 10.7. The van der Waals surface area contributed by atoms with Crippen molar-refractivity contribution in [3.8, 4) is 0 Å². The molecule has 1 aromatic carbocycles. The van der Waals surface area contributed by atoms with Crippen molar-refractivity contribution in [2.45, 2.75) is 6.04 Å². The van der Waals surface area contributed by atoms with E-state index in [9.17, 15) is 4.79 Å². The number of nitrogens with one attached hydrogen (secondary N) is 1. The third-order valence-corrected chi connectivity index (χ3v) is 2.73. The Kier molecular flexibility index (Phi) is 4.38. The minimum absolute atomic E-state index is 0.272. The van der Waals surface area contributed by atoms with Gasteiger partial charge in [0, 0.05) is 21.7 Å². The average Bonchev–Trinajstić information content (AvgIpc) is 2.18. The molecule has 0 aliphatic rings. The maximum absolute atomic E-state index is 10.7. The van der Waals surface area contributed by atoms with Crippen LogP contribution in [0.4, 0.5) is 5.69 Å². The van der Waals surface area contributed by atoms with Crippen LogP contribution in [-0.4, -0.2) is 18.5 Å². The fourth-order valence-electron chi connectivity index (χ4n) is 0.953. The molecule has 82 valence electrons. The van der Waals surface area contributed by atoms with Crippen LogP contribution in [0.5, 0.6) is 0 Å². The van der Waals surface area contributed by atoms with Gasteiger partial charge in [0.25, 0.3) is 0 Å². The summed E-state index contributed by atoms with van der Waals surface area (Å²) in [5.74, 6) is -0.541. The lowest BCUT2D eigenvalue weighted by atomic mass is 10.2. The number of carbonyl (C=O) groups is 1. The number of rotatable bonds is 4. The van der Waals surface area contributed by atoms with Crippen molar-refractivity contribution in [1.29, 1.82) is 0 Å². The zero-order valence-corrected chi connectivity index (χ0v) is 10.2. The molecular formula is C9H11BrClN3O.